The first kappa shape index (κ1) is 19.9. The molecule has 9 heteroatoms. The number of hydrogen-bond acceptors (Lipinski definition) is 7. The third-order valence-electron chi connectivity index (χ3n) is 3.88. The Hall–Kier alpha value is -3.88. The van der Waals surface area contributed by atoms with Gasteiger partial charge in [0.1, 0.15) is 0 Å². The Kier molecular flexibility index (Phi) is 6.08. The number of aromatic nitrogens is 2. The number of hydrogen-bond donors (Lipinski definition) is 1. The molecule has 0 amide bonds. The summed E-state index contributed by atoms with van der Waals surface area (Å²) in [6.07, 6.45) is -0.947. The fourth-order valence-electron chi connectivity index (χ4n) is 2.43. The van der Waals surface area contributed by atoms with E-state index in [1.165, 1.54) is 4.57 Å². The zero-order valence-corrected chi connectivity index (χ0v) is 16.2. The maximum atomic E-state index is 12.3. The van der Waals surface area contributed by atoms with E-state index in [0.29, 0.717) is 11.4 Å². The number of ether oxygens (including phenoxy) is 1. The molecule has 9 nitrogen and oxygen atoms in total. The highest BCUT2D eigenvalue weighted by atomic mass is 16.8. The highest BCUT2D eigenvalue weighted by molar-refractivity contribution is 5.97. The second kappa shape index (κ2) is 8.87. The lowest BCUT2D eigenvalue weighted by atomic mass is 10.2. The Balaban J connectivity index is 2.04. The summed E-state index contributed by atoms with van der Waals surface area (Å²) in [5.74, 6) is -0.685. The molecule has 0 aliphatic carbocycles. The molecular formula is C20H20N4O5. The topological polar surface area (TPSA) is 108 Å². The van der Waals surface area contributed by atoms with E-state index in [2.05, 4.69) is 15.6 Å². The minimum absolute atomic E-state index is 0.00617. The Morgan fingerprint density at radius 2 is 1.72 bits per heavy atom. The molecule has 0 aliphatic heterocycles. The summed E-state index contributed by atoms with van der Waals surface area (Å²) in [6, 6.07) is 14.5. The van der Waals surface area contributed by atoms with Gasteiger partial charge in [0.15, 0.2) is 0 Å². The lowest BCUT2D eigenvalue weighted by molar-refractivity contribution is 0.0393. The summed E-state index contributed by atoms with van der Waals surface area (Å²) in [5, 5.41) is 3.80. The molecule has 1 aromatic heterocycles. The van der Waals surface area contributed by atoms with Gasteiger partial charge in [0.05, 0.1) is 18.0 Å². The number of rotatable bonds is 4. The largest absolute Gasteiger partial charge is 0.533 e. The predicted octanol–water partition coefficient (Wildman–Crippen LogP) is 3.20. The number of nitrogens with zero attached hydrogens (tertiary/aromatic N) is 3. The normalized spacial score (nSPS) is 11.2. The van der Waals surface area contributed by atoms with Crippen molar-refractivity contribution in [2.24, 2.45) is 4.99 Å². The number of hydroxylamine groups is 1. The Morgan fingerprint density at radius 1 is 1.10 bits per heavy atom. The van der Waals surface area contributed by atoms with Crippen molar-refractivity contribution in [2.75, 3.05) is 6.61 Å². The van der Waals surface area contributed by atoms with Crippen LogP contribution in [0.3, 0.4) is 0 Å². The van der Waals surface area contributed by atoms with Crippen LogP contribution in [-0.2, 0) is 9.57 Å². The van der Waals surface area contributed by atoms with Gasteiger partial charge in [-0.25, -0.2) is 19.1 Å². The number of benzene rings is 2. The summed E-state index contributed by atoms with van der Waals surface area (Å²) in [4.78, 5) is 33.2. The molecule has 2 aromatic carbocycles. The van der Waals surface area contributed by atoms with Crippen LogP contribution in [0.5, 0.6) is 0 Å². The molecule has 1 N–H and O–H groups in total. The van der Waals surface area contributed by atoms with E-state index < -0.39 is 11.9 Å². The molecule has 0 saturated heterocycles. The molecule has 150 valence electrons. The Morgan fingerprint density at radius 3 is 2.34 bits per heavy atom. The molecule has 0 bridgehead atoms. The highest BCUT2D eigenvalue weighted by Gasteiger charge is 2.20. The second-order valence-electron chi connectivity index (χ2n) is 6.13. The average molecular weight is 396 g/mol. The first-order valence-corrected chi connectivity index (χ1v) is 8.89. The Bertz CT molecular complexity index is 1070. The fourth-order valence-corrected chi connectivity index (χ4v) is 2.43. The smallest absolute Gasteiger partial charge is 0.433 e. The molecule has 29 heavy (non-hydrogen) atoms. The molecule has 0 atom stereocenters. The summed E-state index contributed by atoms with van der Waals surface area (Å²) in [6.45, 7) is 5.67. The number of nitrogens with one attached hydrogen (secondary N) is 1. The van der Waals surface area contributed by atoms with Crippen LogP contribution in [0.4, 0.5) is 10.5 Å². The predicted molar refractivity (Wildman–Crippen MR) is 105 cm³/mol. The molecule has 0 aliphatic rings. The van der Waals surface area contributed by atoms with Gasteiger partial charge in [-0.3, -0.25) is 4.52 Å². The van der Waals surface area contributed by atoms with Crippen LogP contribution in [0.25, 0.3) is 5.69 Å². The zero-order valence-electron chi connectivity index (χ0n) is 16.2. The van der Waals surface area contributed by atoms with Gasteiger partial charge in [0.2, 0.25) is 11.7 Å². The first-order valence-electron chi connectivity index (χ1n) is 8.89. The van der Waals surface area contributed by atoms with Crippen LogP contribution in [0.2, 0.25) is 0 Å². The lowest BCUT2D eigenvalue weighted by Gasteiger charge is -2.10. The van der Waals surface area contributed by atoms with Gasteiger partial charge in [-0.15, -0.1) is 0 Å². The molecule has 0 spiro atoms. The standard InChI is InChI=1S/C20H20N4O5/c1-4-27-20(26)29-22-17(21-15-9-5-13(2)6-10-15)18-23-28-19(25)24(18)16-11-7-14(3)8-12-16/h5-12H,4H2,1-3H3,(H,21,22). The number of carbonyl (C=O) groups excluding carboxylic acids is 1. The maximum Gasteiger partial charge on any atom is 0.533 e. The zero-order chi connectivity index (χ0) is 20.8. The van der Waals surface area contributed by atoms with Crippen LogP contribution in [0, 0.1) is 13.8 Å². The summed E-state index contributed by atoms with van der Waals surface area (Å²) in [7, 11) is 0. The van der Waals surface area contributed by atoms with Crippen LogP contribution < -0.4 is 11.2 Å². The van der Waals surface area contributed by atoms with E-state index in [1.807, 2.05) is 38.1 Å². The summed E-state index contributed by atoms with van der Waals surface area (Å²) in [5.41, 5.74) is 5.56. The van der Waals surface area contributed by atoms with E-state index >= 15 is 0 Å². The molecular weight excluding hydrogens is 376 g/mol. The van der Waals surface area contributed by atoms with Gasteiger partial charge >= 0.3 is 11.9 Å². The SMILES string of the molecule is CCOC(=O)ONC(=Nc1ccc(C)cc1)c1noc(=O)n1-c1ccc(C)cc1. The third kappa shape index (κ3) is 4.89. The minimum Gasteiger partial charge on any atom is -0.433 e. The van der Waals surface area contributed by atoms with Crippen molar-refractivity contribution in [3.8, 4) is 5.69 Å². The summed E-state index contributed by atoms with van der Waals surface area (Å²) < 4.78 is 10.8. The van der Waals surface area contributed by atoms with E-state index in [4.69, 9.17) is 14.1 Å². The molecule has 1 heterocycles. The van der Waals surface area contributed by atoms with Crippen LogP contribution >= 0.6 is 0 Å². The van der Waals surface area contributed by atoms with Crippen LogP contribution in [0.15, 0.2) is 62.8 Å². The first-order chi connectivity index (χ1) is 14.0. The number of amidine groups is 1. The van der Waals surface area contributed by atoms with Crippen molar-refractivity contribution >= 4 is 17.7 Å². The lowest BCUT2D eigenvalue weighted by Crippen LogP contribution is -2.32. The highest BCUT2D eigenvalue weighted by Crippen LogP contribution is 2.15. The van der Waals surface area contributed by atoms with Gasteiger partial charge in [-0.05, 0) is 45.0 Å². The summed E-state index contributed by atoms with van der Waals surface area (Å²) >= 11 is 0. The van der Waals surface area contributed by atoms with E-state index in [9.17, 15) is 9.59 Å². The van der Waals surface area contributed by atoms with Gasteiger partial charge in [-0.1, -0.05) is 40.5 Å². The molecule has 0 fully saturated rings. The molecule has 0 saturated carbocycles. The quantitative estimate of drug-likeness (QED) is 0.312. The number of aliphatic imine (C=N–C) groups is 1. The van der Waals surface area contributed by atoms with E-state index in [1.54, 1.807) is 31.2 Å². The monoisotopic (exact) mass is 396 g/mol. The fraction of sp³-hybridized carbons (Fsp3) is 0.200. The van der Waals surface area contributed by atoms with Gasteiger partial charge < -0.3 is 9.57 Å². The third-order valence-corrected chi connectivity index (χ3v) is 3.88. The number of carbonyl (C=O) groups is 1. The van der Waals surface area contributed by atoms with Crippen molar-refractivity contribution in [1.29, 1.82) is 0 Å². The van der Waals surface area contributed by atoms with Crippen LogP contribution in [0.1, 0.15) is 23.9 Å². The Labute approximate surface area is 166 Å². The molecule has 3 rings (SSSR count). The van der Waals surface area contributed by atoms with E-state index in [-0.39, 0.29) is 18.3 Å². The van der Waals surface area contributed by atoms with Crippen molar-refractivity contribution < 1.29 is 18.9 Å². The van der Waals surface area contributed by atoms with Gasteiger partial charge in [0, 0.05) is 0 Å². The molecule has 0 unspecified atom stereocenters. The van der Waals surface area contributed by atoms with E-state index in [0.717, 1.165) is 11.1 Å². The second-order valence-corrected chi connectivity index (χ2v) is 6.13. The van der Waals surface area contributed by atoms with Crippen LogP contribution in [-0.4, -0.2) is 28.3 Å². The van der Waals surface area contributed by atoms with Crippen molar-refractivity contribution in [1.82, 2.24) is 15.2 Å². The molecule has 0 radical (unpaired) electrons. The van der Waals surface area contributed by atoms with Gasteiger partial charge in [-0.2, -0.15) is 5.48 Å². The van der Waals surface area contributed by atoms with Crippen molar-refractivity contribution in [3.05, 3.63) is 76.0 Å². The van der Waals surface area contributed by atoms with Gasteiger partial charge in [0.25, 0.3) is 0 Å². The molecule has 3 aromatic rings. The van der Waals surface area contributed by atoms with Crippen molar-refractivity contribution in [3.63, 3.8) is 0 Å². The maximum absolute atomic E-state index is 12.3. The minimum atomic E-state index is -0.947. The number of aryl methyl sites for hydroxylation is 2. The van der Waals surface area contributed by atoms with Crippen molar-refractivity contribution in [2.45, 2.75) is 20.8 Å². The average Bonchev–Trinajstić information content (AvgIpc) is 3.09.